The Bertz CT molecular complexity index is 651. The Balaban J connectivity index is 2.37. The summed E-state index contributed by atoms with van der Waals surface area (Å²) in [6, 6.07) is 0. The van der Waals surface area contributed by atoms with E-state index in [9.17, 15) is 0 Å². The first-order valence-corrected chi connectivity index (χ1v) is 4.57. The number of nitrogens with zero attached hydrogens (tertiary/aromatic N) is 6. The van der Waals surface area contributed by atoms with Crippen molar-refractivity contribution in [2.75, 3.05) is 5.73 Å². The Morgan fingerprint density at radius 3 is 3.00 bits per heavy atom. The predicted molar refractivity (Wildman–Crippen MR) is 56.1 cm³/mol. The van der Waals surface area contributed by atoms with Crippen molar-refractivity contribution in [2.45, 2.75) is 0 Å². The van der Waals surface area contributed by atoms with Gasteiger partial charge in [0.15, 0.2) is 5.82 Å². The van der Waals surface area contributed by atoms with E-state index in [1.807, 2.05) is 0 Å². The van der Waals surface area contributed by atoms with E-state index >= 15 is 0 Å². The molecule has 0 radical (unpaired) electrons. The maximum absolute atomic E-state index is 5.81. The van der Waals surface area contributed by atoms with Crippen molar-refractivity contribution in [1.29, 1.82) is 0 Å². The third-order valence-corrected chi connectivity index (χ3v) is 2.36. The minimum atomic E-state index is 0.407. The summed E-state index contributed by atoms with van der Waals surface area (Å²) in [4.78, 5) is 11.0. The highest BCUT2D eigenvalue weighted by atomic mass is 15.5. The number of nitrogens with two attached hydrogens (primary N) is 1. The zero-order valence-electron chi connectivity index (χ0n) is 8.42. The summed E-state index contributed by atoms with van der Waals surface area (Å²) in [5.41, 5.74) is 7.27. The Labute approximate surface area is 89.5 Å². The van der Waals surface area contributed by atoms with Crippen molar-refractivity contribution in [2.24, 2.45) is 7.05 Å². The van der Waals surface area contributed by atoms with E-state index in [-0.39, 0.29) is 0 Å². The van der Waals surface area contributed by atoms with Crippen molar-refractivity contribution < 1.29 is 0 Å². The fourth-order valence-corrected chi connectivity index (χ4v) is 1.62. The molecule has 0 fully saturated rings. The van der Waals surface area contributed by atoms with Gasteiger partial charge in [-0.1, -0.05) is 0 Å². The summed E-state index contributed by atoms with van der Waals surface area (Å²) < 4.78 is 1.56. The molecule has 0 saturated carbocycles. The molecule has 3 N–H and O–H groups in total. The SMILES string of the molecule is Cn1nnnc1-c1c[nH]c2ncnc(N)c12. The largest absolute Gasteiger partial charge is 0.383 e. The first-order valence-electron chi connectivity index (χ1n) is 4.57. The van der Waals surface area contributed by atoms with Crippen LogP contribution in [0.15, 0.2) is 12.5 Å². The van der Waals surface area contributed by atoms with Crippen LogP contribution in [0, 0.1) is 0 Å². The molecule has 3 heterocycles. The average molecular weight is 216 g/mol. The highest BCUT2D eigenvalue weighted by molar-refractivity contribution is 5.98. The van der Waals surface area contributed by atoms with Crippen molar-refractivity contribution in [3.8, 4) is 11.4 Å². The fourth-order valence-electron chi connectivity index (χ4n) is 1.62. The van der Waals surface area contributed by atoms with Crippen LogP contribution < -0.4 is 5.73 Å². The number of nitrogen functional groups attached to an aromatic ring is 1. The molecule has 3 aromatic heterocycles. The number of nitrogens with one attached hydrogen (secondary N) is 1. The van der Waals surface area contributed by atoms with Gasteiger partial charge in [-0.15, -0.1) is 5.10 Å². The van der Waals surface area contributed by atoms with Crippen molar-refractivity contribution in [3.05, 3.63) is 12.5 Å². The van der Waals surface area contributed by atoms with E-state index in [4.69, 9.17) is 5.73 Å². The zero-order chi connectivity index (χ0) is 11.1. The number of tetrazole rings is 1. The predicted octanol–water partition coefficient (Wildman–Crippen LogP) is -0.269. The molecule has 0 aliphatic rings. The van der Waals surface area contributed by atoms with Crippen LogP contribution in [0.3, 0.4) is 0 Å². The standard InChI is InChI=1S/C8H8N8/c1-16-8(13-14-15-16)4-2-10-7-5(4)6(9)11-3-12-7/h2-3H,1H3,(H3,9,10,11,12). The van der Waals surface area contributed by atoms with E-state index in [1.54, 1.807) is 17.9 Å². The van der Waals surface area contributed by atoms with E-state index in [0.29, 0.717) is 17.3 Å². The number of aryl methyl sites for hydroxylation is 1. The van der Waals surface area contributed by atoms with Crippen LogP contribution in [-0.4, -0.2) is 35.2 Å². The van der Waals surface area contributed by atoms with Crippen molar-refractivity contribution in [1.82, 2.24) is 35.2 Å². The molecule has 3 aromatic rings. The van der Waals surface area contributed by atoms with Gasteiger partial charge < -0.3 is 10.7 Å². The Hall–Kier alpha value is -2.51. The van der Waals surface area contributed by atoms with Crippen molar-refractivity contribution >= 4 is 16.9 Å². The molecule has 3 rings (SSSR count). The van der Waals surface area contributed by atoms with Gasteiger partial charge in [-0.2, -0.15) is 0 Å². The first kappa shape index (κ1) is 8.77. The molecule has 0 amide bonds. The number of anilines is 1. The van der Waals surface area contributed by atoms with E-state index in [2.05, 4.69) is 30.5 Å². The van der Waals surface area contributed by atoms with Gasteiger partial charge in [0.2, 0.25) is 0 Å². The lowest BCUT2D eigenvalue weighted by atomic mass is 10.2. The number of aromatic amines is 1. The molecule has 80 valence electrons. The number of H-pyrrole nitrogens is 1. The second-order valence-electron chi connectivity index (χ2n) is 3.31. The summed E-state index contributed by atoms with van der Waals surface area (Å²) in [5, 5.41) is 12.0. The zero-order valence-corrected chi connectivity index (χ0v) is 8.42. The lowest BCUT2D eigenvalue weighted by Gasteiger charge is -1.98. The number of fused-ring (bicyclic) bond motifs is 1. The van der Waals surface area contributed by atoms with Crippen LogP contribution in [0.4, 0.5) is 5.82 Å². The van der Waals surface area contributed by atoms with Gasteiger partial charge >= 0.3 is 0 Å². The third kappa shape index (κ3) is 1.06. The van der Waals surface area contributed by atoms with Crippen LogP contribution in [-0.2, 0) is 7.05 Å². The second-order valence-corrected chi connectivity index (χ2v) is 3.31. The molecular formula is C8H8N8. The summed E-state index contributed by atoms with van der Waals surface area (Å²) in [6.07, 6.45) is 3.17. The van der Waals surface area contributed by atoms with E-state index in [0.717, 1.165) is 10.9 Å². The topological polar surface area (TPSA) is 111 Å². The summed E-state index contributed by atoms with van der Waals surface area (Å²) in [5.74, 6) is 1.03. The van der Waals surface area contributed by atoms with Gasteiger partial charge in [0.1, 0.15) is 17.8 Å². The van der Waals surface area contributed by atoms with Crippen LogP contribution in [0.1, 0.15) is 0 Å². The quantitative estimate of drug-likeness (QED) is 0.579. The molecule has 8 heteroatoms. The number of hydrogen-bond acceptors (Lipinski definition) is 6. The smallest absolute Gasteiger partial charge is 0.184 e. The summed E-state index contributed by atoms with van der Waals surface area (Å²) >= 11 is 0. The molecule has 0 unspecified atom stereocenters. The van der Waals surface area contributed by atoms with E-state index < -0.39 is 0 Å². The second kappa shape index (κ2) is 2.99. The molecule has 8 nitrogen and oxygen atoms in total. The fraction of sp³-hybridized carbons (Fsp3) is 0.125. The van der Waals surface area contributed by atoms with Gasteiger partial charge in [-0.25, -0.2) is 14.6 Å². The molecule has 16 heavy (non-hydrogen) atoms. The Morgan fingerprint density at radius 2 is 2.25 bits per heavy atom. The first-order chi connectivity index (χ1) is 7.77. The molecule has 0 aliphatic heterocycles. The molecule has 0 aliphatic carbocycles. The molecule has 0 atom stereocenters. The maximum atomic E-state index is 5.81. The molecule has 0 spiro atoms. The molecule has 0 bridgehead atoms. The molecule has 0 saturated heterocycles. The third-order valence-electron chi connectivity index (χ3n) is 2.36. The highest BCUT2D eigenvalue weighted by Gasteiger charge is 2.14. The van der Waals surface area contributed by atoms with Crippen LogP contribution in [0.2, 0.25) is 0 Å². The summed E-state index contributed by atoms with van der Waals surface area (Å²) in [6.45, 7) is 0. The van der Waals surface area contributed by atoms with Gasteiger partial charge in [0.25, 0.3) is 0 Å². The van der Waals surface area contributed by atoms with Crippen molar-refractivity contribution in [3.63, 3.8) is 0 Å². The van der Waals surface area contributed by atoms with Gasteiger partial charge in [0, 0.05) is 13.2 Å². The number of aromatic nitrogens is 7. The molecular weight excluding hydrogens is 208 g/mol. The average Bonchev–Trinajstić information content (AvgIpc) is 2.84. The Kier molecular flexibility index (Phi) is 1.64. The van der Waals surface area contributed by atoms with Crippen LogP contribution in [0.25, 0.3) is 22.4 Å². The summed E-state index contributed by atoms with van der Waals surface area (Å²) in [7, 11) is 1.76. The highest BCUT2D eigenvalue weighted by Crippen LogP contribution is 2.28. The van der Waals surface area contributed by atoms with E-state index in [1.165, 1.54) is 6.33 Å². The normalized spacial score (nSPS) is 11.1. The lowest BCUT2D eigenvalue weighted by molar-refractivity contribution is 0.715. The lowest BCUT2D eigenvalue weighted by Crippen LogP contribution is -1.96. The minimum Gasteiger partial charge on any atom is -0.383 e. The minimum absolute atomic E-state index is 0.407. The molecule has 0 aromatic carbocycles. The number of hydrogen-bond donors (Lipinski definition) is 2. The van der Waals surface area contributed by atoms with Gasteiger partial charge in [-0.3, -0.25) is 0 Å². The number of rotatable bonds is 1. The Morgan fingerprint density at radius 1 is 1.38 bits per heavy atom. The maximum Gasteiger partial charge on any atom is 0.184 e. The van der Waals surface area contributed by atoms with Crippen LogP contribution in [0.5, 0.6) is 0 Å². The monoisotopic (exact) mass is 216 g/mol. The van der Waals surface area contributed by atoms with Crippen LogP contribution >= 0.6 is 0 Å². The van der Waals surface area contributed by atoms with Gasteiger partial charge in [-0.05, 0) is 10.4 Å². The van der Waals surface area contributed by atoms with Gasteiger partial charge in [0.05, 0.1) is 10.9 Å².